The van der Waals surface area contributed by atoms with Crippen molar-refractivity contribution in [3.8, 4) is 5.75 Å². The molecule has 2 rings (SSSR count). The van der Waals surface area contributed by atoms with Gasteiger partial charge >= 0.3 is 0 Å². The van der Waals surface area contributed by atoms with Crippen LogP contribution in [-0.4, -0.2) is 23.4 Å². The van der Waals surface area contributed by atoms with E-state index in [1.165, 1.54) is 0 Å². The molecule has 130 valence electrons. The summed E-state index contributed by atoms with van der Waals surface area (Å²) < 4.78 is 5.10. The SMILES string of the molecule is C/C(=N/NC(=S)NCc1ccccc1)c1cccc(OCC(=O)[O-])c1. The lowest BCUT2D eigenvalue weighted by Gasteiger charge is -2.10. The van der Waals surface area contributed by atoms with Gasteiger partial charge in [0.15, 0.2) is 5.11 Å². The Morgan fingerprint density at radius 2 is 1.96 bits per heavy atom. The molecular weight excluding hydrogens is 338 g/mol. The van der Waals surface area contributed by atoms with Gasteiger partial charge in [-0.1, -0.05) is 42.5 Å². The zero-order valence-electron chi connectivity index (χ0n) is 13.7. The molecule has 0 fully saturated rings. The van der Waals surface area contributed by atoms with Crippen LogP contribution >= 0.6 is 12.2 Å². The van der Waals surface area contributed by atoms with Crippen molar-refractivity contribution in [1.82, 2.24) is 10.7 Å². The summed E-state index contributed by atoms with van der Waals surface area (Å²) in [4.78, 5) is 10.4. The summed E-state index contributed by atoms with van der Waals surface area (Å²) >= 11 is 5.19. The van der Waals surface area contributed by atoms with Crippen LogP contribution in [0.1, 0.15) is 18.1 Å². The van der Waals surface area contributed by atoms with Gasteiger partial charge in [0.05, 0.1) is 11.7 Å². The number of ether oxygens (including phenoxy) is 1. The van der Waals surface area contributed by atoms with E-state index in [0.29, 0.717) is 23.1 Å². The van der Waals surface area contributed by atoms with E-state index in [1.807, 2.05) is 43.3 Å². The molecule has 0 spiro atoms. The van der Waals surface area contributed by atoms with Crippen molar-refractivity contribution < 1.29 is 14.6 Å². The van der Waals surface area contributed by atoms with Gasteiger partial charge < -0.3 is 20.0 Å². The molecule has 0 aliphatic heterocycles. The van der Waals surface area contributed by atoms with Gasteiger partial charge in [0, 0.05) is 12.1 Å². The Morgan fingerprint density at radius 1 is 1.20 bits per heavy atom. The van der Waals surface area contributed by atoms with Crippen molar-refractivity contribution in [2.75, 3.05) is 6.61 Å². The Hall–Kier alpha value is -2.93. The third kappa shape index (κ3) is 6.60. The summed E-state index contributed by atoms with van der Waals surface area (Å²) in [7, 11) is 0. The lowest BCUT2D eigenvalue weighted by molar-refractivity contribution is -0.307. The van der Waals surface area contributed by atoms with E-state index in [1.54, 1.807) is 18.2 Å². The summed E-state index contributed by atoms with van der Waals surface area (Å²) in [5, 5.41) is 18.1. The van der Waals surface area contributed by atoms with Crippen LogP contribution in [0.2, 0.25) is 0 Å². The summed E-state index contributed by atoms with van der Waals surface area (Å²) in [6.07, 6.45) is 0. The Balaban J connectivity index is 1.88. The fourth-order valence-corrected chi connectivity index (χ4v) is 2.09. The van der Waals surface area contributed by atoms with Crippen LogP contribution in [-0.2, 0) is 11.3 Å². The minimum atomic E-state index is -1.27. The predicted octanol–water partition coefficient (Wildman–Crippen LogP) is 1.20. The highest BCUT2D eigenvalue weighted by Gasteiger charge is 2.02. The van der Waals surface area contributed by atoms with Crippen molar-refractivity contribution >= 4 is 29.0 Å². The number of carboxylic acids is 1. The predicted molar refractivity (Wildman–Crippen MR) is 98.2 cm³/mol. The highest BCUT2D eigenvalue weighted by Crippen LogP contribution is 2.13. The third-order valence-corrected chi connectivity index (χ3v) is 3.47. The number of rotatable bonds is 7. The van der Waals surface area contributed by atoms with Gasteiger partial charge in [0.1, 0.15) is 12.4 Å². The Bertz CT molecular complexity index is 763. The summed E-state index contributed by atoms with van der Waals surface area (Å²) in [6, 6.07) is 16.8. The number of benzene rings is 2. The molecule has 0 saturated carbocycles. The first-order valence-corrected chi connectivity index (χ1v) is 8.00. The molecule has 0 saturated heterocycles. The van der Waals surface area contributed by atoms with Crippen molar-refractivity contribution in [2.24, 2.45) is 5.10 Å². The quantitative estimate of drug-likeness (QED) is 0.441. The number of hydrogen-bond donors (Lipinski definition) is 2. The van der Waals surface area contributed by atoms with Gasteiger partial charge in [-0.25, -0.2) is 0 Å². The van der Waals surface area contributed by atoms with Crippen LogP contribution < -0.4 is 20.6 Å². The first-order chi connectivity index (χ1) is 12.0. The average Bonchev–Trinajstić information content (AvgIpc) is 2.63. The maximum Gasteiger partial charge on any atom is 0.187 e. The molecule has 2 aromatic carbocycles. The molecule has 0 atom stereocenters. The number of carbonyl (C=O) groups is 1. The topological polar surface area (TPSA) is 85.8 Å². The number of aliphatic carboxylic acids is 1. The number of hydrazone groups is 1. The smallest absolute Gasteiger partial charge is 0.187 e. The molecule has 6 nitrogen and oxygen atoms in total. The minimum absolute atomic E-state index is 0.410. The van der Waals surface area contributed by atoms with Crippen molar-refractivity contribution in [1.29, 1.82) is 0 Å². The van der Waals surface area contributed by atoms with E-state index in [2.05, 4.69) is 15.8 Å². The maximum atomic E-state index is 10.4. The standard InChI is InChI=1S/C18H19N3O3S/c1-13(15-8-5-9-16(10-15)24-12-17(22)23)20-21-18(25)19-11-14-6-3-2-4-7-14/h2-10H,11-12H2,1H3,(H,22,23)(H2,19,21,25)/p-1/b20-13-. The molecular formula is C18H18N3O3S-. The highest BCUT2D eigenvalue weighted by molar-refractivity contribution is 7.80. The van der Waals surface area contributed by atoms with Crippen LogP contribution in [0.4, 0.5) is 0 Å². The molecule has 0 bridgehead atoms. The number of hydrogen-bond acceptors (Lipinski definition) is 5. The lowest BCUT2D eigenvalue weighted by Crippen LogP contribution is -2.32. The zero-order chi connectivity index (χ0) is 18.1. The summed E-state index contributed by atoms with van der Waals surface area (Å²) in [6.45, 7) is 1.92. The number of carbonyl (C=O) groups excluding carboxylic acids is 1. The monoisotopic (exact) mass is 356 g/mol. The molecule has 2 aromatic rings. The van der Waals surface area contributed by atoms with E-state index < -0.39 is 12.6 Å². The van der Waals surface area contributed by atoms with E-state index in [0.717, 1.165) is 11.1 Å². The lowest BCUT2D eigenvalue weighted by atomic mass is 10.1. The Kier molecular flexibility index (Phi) is 6.91. The molecule has 0 aliphatic carbocycles. The number of nitrogens with one attached hydrogen (secondary N) is 2. The van der Waals surface area contributed by atoms with Crippen molar-refractivity contribution in [3.05, 3.63) is 65.7 Å². The normalized spacial score (nSPS) is 10.8. The summed E-state index contributed by atoms with van der Waals surface area (Å²) in [5.41, 5.74) is 5.37. The zero-order valence-corrected chi connectivity index (χ0v) is 14.5. The second-order valence-corrected chi connectivity index (χ2v) is 5.57. The molecule has 0 heterocycles. The van der Waals surface area contributed by atoms with Crippen LogP contribution in [0.5, 0.6) is 5.75 Å². The fraction of sp³-hybridized carbons (Fsp3) is 0.167. The van der Waals surface area contributed by atoms with Gasteiger partial charge in [0.25, 0.3) is 0 Å². The number of nitrogens with zero attached hydrogens (tertiary/aromatic N) is 1. The van der Waals surface area contributed by atoms with E-state index in [-0.39, 0.29) is 0 Å². The first-order valence-electron chi connectivity index (χ1n) is 7.60. The highest BCUT2D eigenvalue weighted by atomic mass is 32.1. The van der Waals surface area contributed by atoms with Crippen LogP contribution in [0.15, 0.2) is 59.7 Å². The Labute approximate surface area is 151 Å². The maximum absolute atomic E-state index is 10.4. The van der Waals surface area contributed by atoms with Crippen LogP contribution in [0.25, 0.3) is 0 Å². The van der Waals surface area contributed by atoms with E-state index in [9.17, 15) is 9.90 Å². The summed E-state index contributed by atoms with van der Waals surface area (Å²) in [5.74, 6) is -0.840. The second kappa shape index (κ2) is 9.39. The molecule has 0 radical (unpaired) electrons. The first kappa shape index (κ1) is 18.4. The van der Waals surface area contributed by atoms with Crippen molar-refractivity contribution in [2.45, 2.75) is 13.5 Å². The van der Waals surface area contributed by atoms with Gasteiger partial charge in [0.2, 0.25) is 0 Å². The van der Waals surface area contributed by atoms with E-state index >= 15 is 0 Å². The molecule has 7 heteroatoms. The van der Waals surface area contributed by atoms with Gasteiger partial charge in [-0.15, -0.1) is 0 Å². The Morgan fingerprint density at radius 3 is 2.68 bits per heavy atom. The molecule has 0 unspecified atom stereocenters. The van der Waals surface area contributed by atoms with Crippen LogP contribution in [0.3, 0.4) is 0 Å². The minimum Gasteiger partial charge on any atom is -0.546 e. The largest absolute Gasteiger partial charge is 0.546 e. The molecule has 0 aromatic heterocycles. The van der Waals surface area contributed by atoms with Gasteiger partial charge in [-0.3, -0.25) is 5.43 Å². The molecule has 25 heavy (non-hydrogen) atoms. The molecule has 2 N–H and O–H groups in total. The number of thiocarbonyl (C=S) groups is 1. The fourth-order valence-electron chi connectivity index (χ4n) is 1.97. The van der Waals surface area contributed by atoms with Gasteiger partial charge in [-0.05, 0) is 36.8 Å². The van der Waals surface area contributed by atoms with Crippen molar-refractivity contribution in [3.63, 3.8) is 0 Å². The molecule has 0 amide bonds. The average molecular weight is 356 g/mol. The molecule has 0 aliphatic rings. The van der Waals surface area contributed by atoms with Crippen LogP contribution in [0, 0.1) is 0 Å². The number of carboxylic acid groups (broad SMARTS) is 1. The van der Waals surface area contributed by atoms with E-state index in [4.69, 9.17) is 17.0 Å². The van der Waals surface area contributed by atoms with Gasteiger partial charge in [-0.2, -0.15) is 5.10 Å². The third-order valence-electron chi connectivity index (χ3n) is 3.23. The second-order valence-electron chi connectivity index (χ2n) is 5.17.